The van der Waals surface area contributed by atoms with Crippen LogP contribution in [-0.2, 0) is 4.79 Å². The van der Waals surface area contributed by atoms with Crippen LogP contribution in [-0.4, -0.2) is 18.5 Å². The third kappa shape index (κ3) is 2.64. The van der Waals surface area contributed by atoms with Crippen molar-refractivity contribution in [3.05, 3.63) is 29.6 Å². The Morgan fingerprint density at radius 2 is 2.00 bits per heavy atom. The molecule has 0 spiro atoms. The van der Waals surface area contributed by atoms with E-state index in [0.29, 0.717) is 6.42 Å². The number of hydrogen-bond acceptors (Lipinski definition) is 2. The highest BCUT2D eigenvalue weighted by atomic mass is 19.2. The predicted octanol–water partition coefficient (Wildman–Crippen LogP) is 2.18. The topological polar surface area (TPSA) is 41.1 Å². The van der Waals surface area contributed by atoms with E-state index in [0.717, 1.165) is 31.5 Å². The van der Waals surface area contributed by atoms with Crippen LogP contribution in [0.2, 0.25) is 0 Å². The Morgan fingerprint density at radius 3 is 2.67 bits per heavy atom. The van der Waals surface area contributed by atoms with Crippen LogP contribution in [0.15, 0.2) is 12.1 Å². The number of carbonyl (C=O) groups is 1. The van der Waals surface area contributed by atoms with E-state index in [1.54, 1.807) is 0 Å². The van der Waals surface area contributed by atoms with Gasteiger partial charge in [-0.2, -0.15) is 0 Å². The molecule has 0 aromatic heterocycles. The summed E-state index contributed by atoms with van der Waals surface area (Å²) in [7, 11) is 0. The van der Waals surface area contributed by atoms with Crippen molar-refractivity contribution < 1.29 is 18.0 Å². The molecular formula is C12H13F3N2O. The van der Waals surface area contributed by atoms with E-state index in [4.69, 9.17) is 0 Å². The van der Waals surface area contributed by atoms with Crippen molar-refractivity contribution in [3.63, 3.8) is 0 Å². The number of amides is 1. The lowest BCUT2D eigenvalue weighted by Gasteiger charge is -2.22. The molecule has 0 radical (unpaired) electrons. The molecule has 1 aromatic rings. The van der Waals surface area contributed by atoms with Crippen LogP contribution in [0.5, 0.6) is 0 Å². The molecule has 1 aromatic carbocycles. The van der Waals surface area contributed by atoms with Crippen molar-refractivity contribution in [1.82, 2.24) is 5.32 Å². The number of rotatable bonds is 2. The van der Waals surface area contributed by atoms with Crippen LogP contribution in [0, 0.1) is 17.5 Å². The van der Waals surface area contributed by atoms with E-state index in [1.807, 2.05) is 0 Å². The molecule has 0 aliphatic carbocycles. The average molecular weight is 258 g/mol. The summed E-state index contributed by atoms with van der Waals surface area (Å²) >= 11 is 0. The summed E-state index contributed by atoms with van der Waals surface area (Å²) in [6, 6.07) is 1.38. The van der Waals surface area contributed by atoms with E-state index in [9.17, 15) is 18.0 Å². The smallest absolute Gasteiger partial charge is 0.241 e. The van der Waals surface area contributed by atoms with Gasteiger partial charge >= 0.3 is 0 Å². The number of anilines is 1. The summed E-state index contributed by atoms with van der Waals surface area (Å²) in [6.07, 6.45) is 2.55. The Balaban J connectivity index is 2.09. The molecule has 1 aliphatic rings. The number of carbonyl (C=O) groups excluding carboxylic acids is 1. The molecule has 6 heteroatoms. The first kappa shape index (κ1) is 12.9. The minimum Gasteiger partial charge on any atom is -0.322 e. The summed E-state index contributed by atoms with van der Waals surface area (Å²) < 4.78 is 39.0. The maximum atomic E-state index is 13.3. The number of hydrogen-bond donors (Lipinski definition) is 2. The molecule has 0 unspecified atom stereocenters. The summed E-state index contributed by atoms with van der Waals surface area (Å²) in [5, 5.41) is 5.25. The van der Waals surface area contributed by atoms with Gasteiger partial charge in [0.25, 0.3) is 0 Å². The summed E-state index contributed by atoms with van der Waals surface area (Å²) in [6.45, 7) is 0.721. The van der Waals surface area contributed by atoms with Crippen LogP contribution >= 0.6 is 0 Å². The van der Waals surface area contributed by atoms with Crippen LogP contribution in [0.4, 0.5) is 18.9 Å². The fourth-order valence-corrected chi connectivity index (χ4v) is 1.92. The van der Waals surface area contributed by atoms with Crippen LogP contribution < -0.4 is 10.6 Å². The normalized spacial score (nSPS) is 19.6. The Bertz CT molecular complexity index is 459. The van der Waals surface area contributed by atoms with Gasteiger partial charge in [-0.15, -0.1) is 0 Å². The lowest BCUT2D eigenvalue weighted by atomic mass is 10.0. The van der Waals surface area contributed by atoms with Crippen LogP contribution in [0.25, 0.3) is 0 Å². The highest BCUT2D eigenvalue weighted by Crippen LogP contribution is 2.20. The lowest BCUT2D eigenvalue weighted by molar-refractivity contribution is -0.118. The SMILES string of the molecule is O=C(Nc1ccc(F)c(F)c1F)[C@H]1CCCCN1. The highest BCUT2D eigenvalue weighted by molar-refractivity contribution is 5.95. The second kappa shape index (κ2) is 5.39. The monoisotopic (exact) mass is 258 g/mol. The zero-order valence-electron chi connectivity index (χ0n) is 9.60. The van der Waals surface area contributed by atoms with Gasteiger partial charge < -0.3 is 10.6 Å². The molecule has 1 amide bonds. The molecule has 0 bridgehead atoms. The second-order valence-corrected chi connectivity index (χ2v) is 4.21. The third-order valence-electron chi connectivity index (χ3n) is 2.92. The molecule has 2 N–H and O–H groups in total. The number of benzene rings is 1. The zero-order chi connectivity index (χ0) is 13.1. The van der Waals surface area contributed by atoms with Gasteiger partial charge in [-0.25, -0.2) is 13.2 Å². The van der Waals surface area contributed by atoms with Gasteiger partial charge in [0.1, 0.15) is 0 Å². The largest absolute Gasteiger partial charge is 0.322 e. The van der Waals surface area contributed by atoms with Gasteiger partial charge in [-0.3, -0.25) is 4.79 Å². The van der Waals surface area contributed by atoms with E-state index < -0.39 is 29.4 Å². The Hall–Kier alpha value is -1.56. The maximum Gasteiger partial charge on any atom is 0.241 e. The quantitative estimate of drug-likeness (QED) is 0.798. The second-order valence-electron chi connectivity index (χ2n) is 4.21. The van der Waals surface area contributed by atoms with E-state index in [2.05, 4.69) is 10.6 Å². The fraction of sp³-hybridized carbons (Fsp3) is 0.417. The molecule has 1 heterocycles. The number of halogens is 3. The lowest BCUT2D eigenvalue weighted by Crippen LogP contribution is -2.43. The molecule has 98 valence electrons. The molecule has 1 atom stereocenters. The molecule has 1 aliphatic heterocycles. The standard InChI is InChI=1S/C12H13F3N2O/c13-7-4-5-8(11(15)10(7)14)17-12(18)9-3-1-2-6-16-9/h4-5,9,16H,1-3,6H2,(H,17,18)/t9-/m1/s1. The van der Waals surface area contributed by atoms with Crippen molar-refractivity contribution in [2.75, 3.05) is 11.9 Å². The first-order chi connectivity index (χ1) is 8.59. The Kier molecular flexibility index (Phi) is 3.86. The van der Waals surface area contributed by atoms with E-state index in [1.165, 1.54) is 0 Å². The van der Waals surface area contributed by atoms with E-state index >= 15 is 0 Å². The fourth-order valence-electron chi connectivity index (χ4n) is 1.92. The molecular weight excluding hydrogens is 245 g/mol. The van der Waals surface area contributed by atoms with E-state index in [-0.39, 0.29) is 5.69 Å². The predicted molar refractivity (Wildman–Crippen MR) is 60.6 cm³/mol. The minimum atomic E-state index is -1.58. The number of piperidine rings is 1. The summed E-state index contributed by atoms with van der Waals surface area (Å²) in [5.74, 6) is -4.66. The van der Waals surface area contributed by atoms with Gasteiger partial charge in [0.05, 0.1) is 11.7 Å². The van der Waals surface area contributed by atoms with Gasteiger partial charge in [-0.1, -0.05) is 6.42 Å². The van der Waals surface area contributed by atoms with Crippen LogP contribution in [0.1, 0.15) is 19.3 Å². The van der Waals surface area contributed by atoms with Crippen molar-refractivity contribution in [2.24, 2.45) is 0 Å². The third-order valence-corrected chi connectivity index (χ3v) is 2.92. The first-order valence-electron chi connectivity index (χ1n) is 5.77. The highest BCUT2D eigenvalue weighted by Gasteiger charge is 2.22. The average Bonchev–Trinajstić information content (AvgIpc) is 2.40. The molecule has 18 heavy (non-hydrogen) atoms. The molecule has 3 nitrogen and oxygen atoms in total. The Labute approximate surface area is 102 Å². The minimum absolute atomic E-state index is 0.341. The van der Waals surface area contributed by atoms with Crippen molar-refractivity contribution >= 4 is 11.6 Å². The molecule has 2 rings (SSSR count). The molecule has 1 saturated heterocycles. The Morgan fingerprint density at radius 1 is 1.22 bits per heavy atom. The maximum absolute atomic E-state index is 13.3. The first-order valence-corrected chi connectivity index (χ1v) is 5.77. The van der Waals surface area contributed by atoms with Crippen molar-refractivity contribution in [3.8, 4) is 0 Å². The van der Waals surface area contributed by atoms with Gasteiger partial charge in [0, 0.05) is 0 Å². The molecule has 1 fully saturated rings. The van der Waals surface area contributed by atoms with Crippen molar-refractivity contribution in [2.45, 2.75) is 25.3 Å². The molecule has 0 saturated carbocycles. The van der Waals surface area contributed by atoms with Gasteiger partial charge in [0.2, 0.25) is 5.91 Å². The van der Waals surface area contributed by atoms with Crippen molar-refractivity contribution in [1.29, 1.82) is 0 Å². The van der Waals surface area contributed by atoms with Gasteiger partial charge in [-0.05, 0) is 31.5 Å². The van der Waals surface area contributed by atoms with Crippen LogP contribution in [0.3, 0.4) is 0 Å². The number of nitrogens with one attached hydrogen (secondary N) is 2. The summed E-state index contributed by atoms with van der Waals surface area (Å²) in [5.41, 5.74) is -0.341. The van der Waals surface area contributed by atoms with Gasteiger partial charge in [0.15, 0.2) is 17.5 Å². The summed E-state index contributed by atoms with van der Waals surface area (Å²) in [4.78, 5) is 11.8. The zero-order valence-corrected chi connectivity index (χ0v) is 9.60.